The molecule has 1 aromatic rings. The summed E-state index contributed by atoms with van der Waals surface area (Å²) in [7, 11) is 1.55. The van der Waals surface area contributed by atoms with Crippen molar-refractivity contribution in [2.75, 3.05) is 26.9 Å². The van der Waals surface area contributed by atoms with Crippen molar-refractivity contribution in [2.45, 2.75) is 39.0 Å². The smallest absolute Gasteiger partial charge is 0.408 e. The summed E-state index contributed by atoms with van der Waals surface area (Å²) in [5.41, 5.74) is 0.338. The van der Waals surface area contributed by atoms with E-state index in [1.54, 1.807) is 27.9 Å². The standard InChI is InChI=1S/C18H28N2O5/c1-18(2,3)25-17(22)20-15(16(21)19-10-11-23-4)13-24-12-14-8-6-5-7-9-14/h5-9,15H,10-13H2,1-4H3,(H,19,21)(H,20,22)/t15-/m0/s1. The predicted octanol–water partition coefficient (Wildman–Crippen LogP) is 1.86. The molecule has 0 heterocycles. The third kappa shape index (κ3) is 9.69. The van der Waals surface area contributed by atoms with E-state index < -0.39 is 17.7 Å². The van der Waals surface area contributed by atoms with Gasteiger partial charge in [0.1, 0.15) is 11.6 Å². The maximum absolute atomic E-state index is 12.2. The minimum atomic E-state index is -0.851. The number of hydrogen-bond donors (Lipinski definition) is 2. The van der Waals surface area contributed by atoms with Crippen molar-refractivity contribution in [3.8, 4) is 0 Å². The van der Waals surface area contributed by atoms with Crippen LogP contribution in [0.1, 0.15) is 26.3 Å². The number of hydrogen-bond acceptors (Lipinski definition) is 5. The van der Waals surface area contributed by atoms with Gasteiger partial charge >= 0.3 is 6.09 Å². The van der Waals surface area contributed by atoms with Crippen molar-refractivity contribution in [3.63, 3.8) is 0 Å². The molecule has 0 saturated carbocycles. The van der Waals surface area contributed by atoms with Crippen LogP contribution in [0.3, 0.4) is 0 Å². The Labute approximate surface area is 149 Å². The number of carbonyl (C=O) groups excluding carboxylic acids is 2. The lowest BCUT2D eigenvalue weighted by Crippen LogP contribution is -2.51. The SMILES string of the molecule is COCCNC(=O)[C@H](COCc1ccccc1)NC(=O)OC(C)(C)C. The molecule has 140 valence electrons. The minimum Gasteiger partial charge on any atom is -0.444 e. The van der Waals surface area contributed by atoms with Gasteiger partial charge in [-0.15, -0.1) is 0 Å². The van der Waals surface area contributed by atoms with Crippen molar-refractivity contribution >= 4 is 12.0 Å². The Morgan fingerprint density at radius 2 is 1.84 bits per heavy atom. The van der Waals surface area contributed by atoms with Gasteiger partial charge in [0.2, 0.25) is 5.91 Å². The first-order valence-corrected chi connectivity index (χ1v) is 8.19. The highest BCUT2D eigenvalue weighted by Gasteiger charge is 2.24. The second-order valence-corrected chi connectivity index (χ2v) is 6.48. The summed E-state index contributed by atoms with van der Waals surface area (Å²) in [6.07, 6.45) is -0.664. The zero-order valence-corrected chi connectivity index (χ0v) is 15.3. The van der Waals surface area contributed by atoms with Crippen LogP contribution >= 0.6 is 0 Å². The van der Waals surface area contributed by atoms with E-state index >= 15 is 0 Å². The number of benzene rings is 1. The summed E-state index contributed by atoms with van der Waals surface area (Å²) < 4.78 is 15.7. The molecular weight excluding hydrogens is 324 g/mol. The number of ether oxygens (including phenoxy) is 3. The molecule has 0 aromatic heterocycles. The number of alkyl carbamates (subject to hydrolysis) is 1. The van der Waals surface area contributed by atoms with Crippen LogP contribution in [-0.4, -0.2) is 50.5 Å². The minimum absolute atomic E-state index is 0.0347. The number of rotatable bonds is 9. The van der Waals surface area contributed by atoms with Crippen LogP contribution in [0.15, 0.2) is 30.3 Å². The van der Waals surface area contributed by atoms with Gasteiger partial charge in [0, 0.05) is 13.7 Å². The van der Waals surface area contributed by atoms with E-state index in [0.29, 0.717) is 19.8 Å². The number of nitrogens with one attached hydrogen (secondary N) is 2. The lowest BCUT2D eigenvalue weighted by atomic mass is 10.2. The fourth-order valence-electron chi connectivity index (χ4n) is 1.90. The summed E-state index contributed by atoms with van der Waals surface area (Å²) in [4.78, 5) is 24.2. The maximum Gasteiger partial charge on any atom is 0.408 e. The number of carbonyl (C=O) groups is 2. The van der Waals surface area contributed by atoms with Crippen LogP contribution in [0.2, 0.25) is 0 Å². The van der Waals surface area contributed by atoms with E-state index in [1.165, 1.54) is 0 Å². The first kappa shape index (κ1) is 20.9. The first-order valence-electron chi connectivity index (χ1n) is 8.19. The molecule has 1 atom stereocenters. The van der Waals surface area contributed by atoms with Gasteiger partial charge in [-0.05, 0) is 26.3 Å². The molecule has 1 aromatic carbocycles. The Kier molecular flexibility index (Phi) is 8.94. The molecule has 0 aliphatic heterocycles. The molecular formula is C18H28N2O5. The largest absolute Gasteiger partial charge is 0.444 e. The summed E-state index contributed by atoms with van der Waals surface area (Å²) in [5.74, 6) is -0.351. The highest BCUT2D eigenvalue weighted by Crippen LogP contribution is 2.07. The lowest BCUT2D eigenvalue weighted by Gasteiger charge is -2.23. The van der Waals surface area contributed by atoms with E-state index in [0.717, 1.165) is 5.56 Å². The lowest BCUT2D eigenvalue weighted by molar-refractivity contribution is -0.125. The van der Waals surface area contributed by atoms with Gasteiger partial charge in [-0.2, -0.15) is 0 Å². The van der Waals surface area contributed by atoms with E-state index in [2.05, 4.69) is 10.6 Å². The second kappa shape index (κ2) is 10.7. The number of amides is 2. The van der Waals surface area contributed by atoms with Crippen LogP contribution < -0.4 is 10.6 Å². The van der Waals surface area contributed by atoms with Crippen LogP contribution in [0.4, 0.5) is 4.79 Å². The number of methoxy groups -OCH3 is 1. The average Bonchev–Trinajstić information content (AvgIpc) is 2.53. The van der Waals surface area contributed by atoms with Crippen molar-refractivity contribution in [2.24, 2.45) is 0 Å². The molecule has 2 amide bonds. The Morgan fingerprint density at radius 3 is 2.44 bits per heavy atom. The van der Waals surface area contributed by atoms with Gasteiger partial charge < -0.3 is 24.8 Å². The van der Waals surface area contributed by atoms with Gasteiger partial charge in [0.25, 0.3) is 0 Å². The van der Waals surface area contributed by atoms with Crippen molar-refractivity contribution in [1.82, 2.24) is 10.6 Å². The van der Waals surface area contributed by atoms with Crippen LogP contribution in [0.5, 0.6) is 0 Å². The summed E-state index contributed by atoms with van der Waals surface area (Å²) in [6.45, 7) is 6.38. The predicted molar refractivity (Wildman–Crippen MR) is 94.1 cm³/mol. The summed E-state index contributed by atoms with van der Waals surface area (Å²) in [5, 5.41) is 5.23. The monoisotopic (exact) mass is 352 g/mol. The van der Waals surface area contributed by atoms with E-state index in [-0.39, 0.29) is 12.5 Å². The zero-order valence-electron chi connectivity index (χ0n) is 15.3. The molecule has 0 fully saturated rings. The van der Waals surface area contributed by atoms with Crippen molar-refractivity contribution in [3.05, 3.63) is 35.9 Å². The molecule has 1 rings (SSSR count). The van der Waals surface area contributed by atoms with Crippen molar-refractivity contribution in [1.29, 1.82) is 0 Å². The van der Waals surface area contributed by atoms with E-state index in [1.807, 2.05) is 30.3 Å². The Balaban J connectivity index is 2.56. The summed E-state index contributed by atoms with van der Waals surface area (Å²) >= 11 is 0. The molecule has 25 heavy (non-hydrogen) atoms. The maximum atomic E-state index is 12.2. The fourth-order valence-corrected chi connectivity index (χ4v) is 1.90. The van der Waals surface area contributed by atoms with Gasteiger partial charge in [-0.1, -0.05) is 30.3 Å². The first-order chi connectivity index (χ1) is 11.8. The molecule has 0 bridgehead atoms. The third-order valence-electron chi connectivity index (χ3n) is 3.01. The van der Waals surface area contributed by atoms with Crippen molar-refractivity contribution < 1.29 is 23.8 Å². The molecule has 0 unspecified atom stereocenters. The molecule has 0 radical (unpaired) electrons. The molecule has 0 saturated heterocycles. The van der Waals surface area contributed by atoms with Gasteiger partial charge in [0.05, 0.1) is 19.8 Å². The average molecular weight is 352 g/mol. The second-order valence-electron chi connectivity index (χ2n) is 6.48. The molecule has 7 heteroatoms. The fraction of sp³-hybridized carbons (Fsp3) is 0.556. The van der Waals surface area contributed by atoms with Gasteiger partial charge in [-0.3, -0.25) is 4.79 Å². The topological polar surface area (TPSA) is 85.9 Å². The molecule has 0 aliphatic rings. The summed E-state index contributed by atoms with van der Waals surface area (Å²) in [6, 6.07) is 8.73. The van der Waals surface area contributed by atoms with Crippen LogP contribution in [0.25, 0.3) is 0 Å². The Hall–Kier alpha value is -2.12. The molecule has 0 aliphatic carbocycles. The normalized spacial score (nSPS) is 12.3. The molecule has 0 spiro atoms. The van der Waals surface area contributed by atoms with Crippen LogP contribution in [-0.2, 0) is 25.6 Å². The Bertz CT molecular complexity index is 528. The van der Waals surface area contributed by atoms with E-state index in [4.69, 9.17) is 14.2 Å². The third-order valence-corrected chi connectivity index (χ3v) is 3.01. The Morgan fingerprint density at radius 1 is 1.16 bits per heavy atom. The van der Waals surface area contributed by atoms with Crippen LogP contribution in [0, 0.1) is 0 Å². The van der Waals surface area contributed by atoms with E-state index in [9.17, 15) is 9.59 Å². The highest BCUT2D eigenvalue weighted by molar-refractivity contribution is 5.85. The van der Waals surface area contributed by atoms with Gasteiger partial charge in [0.15, 0.2) is 0 Å². The quantitative estimate of drug-likeness (QED) is 0.663. The van der Waals surface area contributed by atoms with Gasteiger partial charge in [-0.25, -0.2) is 4.79 Å². The molecule has 7 nitrogen and oxygen atoms in total. The molecule has 2 N–H and O–H groups in total. The zero-order chi connectivity index (χ0) is 18.7. The highest BCUT2D eigenvalue weighted by atomic mass is 16.6.